The maximum absolute atomic E-state index is 9.39. The van der Waals surface area contributed by atoms with Crippen LogP contribution in [0.15, 0.2) is 39.3 Å². The summed E-state index contributed by atoms with van der Waals surface area (Å²) in [7, 11) is 1.62. The lowest BCUT2D eigenvalue weighted by atomic mass is 10.2. The third-order valence-electron chi connectivity index (χ3n) is 2.74. The van der Waals surface area contributed by atoms with E-state index in [0.29, 0.717) is 11.6 Å². The Morgan fingerprint density at radius 1 is 1.20 bits per heavy atom. The van der Waals surface area contributed by atoms with Gasteiger partial charge in [-0.05, 0) is 55.6 Å². The lowest BCUT2D eigenvalue weighted by Crippen LogP contribution is -2.00. The van der Waals surface area contributed by atoms with E-state index in [-0.39, 0.29) is 5.75 Å². The summed E-state index contributed by atoms with van der Waals surface area (Å²) in [6.07, 6.45) is 0. The topological polar surface area (TPSA) is 41.5 Å². The molecular formula is C14H12Br2ClNO2. The van der Waals surface area contributed by atoms with E-state index in [9.17, 15) is 5.11 Å². The fraction of sp³-hybridized carbons (Fsp3) is 0.143. The number of hydrogen-bond donors (Lipinski definition) is 2. The van der Waals surface area contributed by atoms with Crippen molar-refractivity contribution in [1.82, 2.24) is 0 Å². The molecule has 0 spiro atoms. The molecule has 0 fully saturated rings. The first kappa shape index (κ1) is 15.5. The van der Waals surface area contributed by atoms with Crippen LogP contribution >= 0.6 is 43.5 Å². The molecule has 0 atom stereocenters. The zero-order valence-corrected chi connectivity index (χ0v) is 14.5. The van der Waals surface area contributed by atoms with Crippen LogP contribution < -0.4 is 10.1 Å². The van der Waals surface area contributed by atoms with Crippen LogP contribution in [-0.2, 0) is 6.54 Å². The molecule has 6 heteroatoms. The number of hydrogen-bond acceptors (Lipinski definition) is 3. The molecule has 2 N–H and O–H groups in total. The van der Waals surface area contributed by atoms with Gasteiger partial charge in [-0.3, -0.25) is 0 Å². The number of ether oxygens (including phenoxy) is 1. The minimum absolute atomic E-state index is 0.0851. The summed E-state index contributed by atoms with van der Waals surface area (Å²) < 4.78 is 7.07. The van der Waals surface area contributed by atoms with E-state index in [1.807, 2.05) is 18.2 Å². The average molecular weight is 422 g/mol. The molecule has 3 nitrogen and oxygen atoms in total. The monoisotopic (exact) mass is 419 g/mol. The maximum atomic E-state index is 9.39. The number of phenols is 1. The van der Waals surface area contributed by atoms with Gasteiger partial charge in [0.2, 0.25) is 0 Å². The molecule has 2 aromatic rings. The van der Waals surface area contributed by atoms with Gasteiger partial charge in [-0.1, -0.05) is 17.7 Å². The molecule has 2 aromatic carbocycles. The first-order valence-corrected chi connectivity index (χ1v) is 7.72. The predicted octanol–water partition coefficient (Wildman–Crippen LogP) is 5.19. The average Bonchev–Trinajstić information content (AvgIpc) is 2.41. The van der Waals surface area contributed by atoms with E-state index < -0.39 is 0 Å². The summed E-state index contributed by atoms with van der Waals surface area (Å²) in [4.78, 5) is 0. The molecule has 0 saturated carbocycles. The molecule has 0 bridgehead atoms. The van der Waals surface area contributed by atoms with Crippen LogP contribution in [0.2, 0.25) is 5.02 Å². The summed E-state index contributed by atoms with van der Waals surface area (Å²) in [6, 6.07) is 8.95. The second-order valence-electron chi connectivity index (χ2n) is 4.11. The third kappa shape index (κ3) is 3.59. The van der Waals surface area contributed by atoms with Crippen LogP contribution in [0.25, 0.3) is 0 Å². The highest BCUT2D eigenvalue weighted by molar-refractivity contribution is 9.11. The molecule has 0 aliphatic carbocycles. The Labute approximate surface area is 139 Å². The predicted molar refractivity (Wildman–Crippen MR) is 88.8 cm³/mol. The van der Waals surface area contributed by atoms with Crippen molar-refractivity contribution in [2.24, 2.45) is 0 Å². The molecule has 106 valence electrons. The van der Waals surface area contributed by atoms with Crippen LogP contribution in [0.1, 0.15) is 5.56 Å². The summed E-state index contributed by atoms with van der Waals surface area (Å²) >= 11 is 12.8. The first-order chi connectivity index (χ1) is 9.51. The number of halogens is 3. The van der Waals surface area contributed by atoms with Gasteiger partial charge in [-0.2, -0.15) is 0 Å². The lowest BCUT2D eigenvalue weighted by molar-refractivity contribution is 0.412. The van der Waals surface area contributed by atoms with Gasteiger partial charge in [0, 0.05) is 17.1 Å². The molecule has 2 rings (SSSR count). The third-order valence-corrected chi connectivity index (χ3v) is 4.32. The number of phenolic OH excluding ortho intramolecular Hbond substituents is 1. The van der Waals surface area contributed by atoms with Crippen LogP contribution in [-0.4, -0.2) is 12.2 Å². The lowest BCUT2D eigenvalue weighted by Gasteiger charge is -2.12. The van der Waals surface area contributed by atoms with Crippen molar-refractivity contribution in [2.75, 3.05) is 12.4 Å². The highest BCUT2D eigenvalue weighted by Crippen LogP contribution is 2.35. The van der Waals surface area contributed by atoms with Gasteiger partial charge in [0.15, 0.2) is 0 Å². The van der Waals surface area contributed by atoms with Crippen molar-refractivity contribution >= 4 is 49.1 Å². The van der Waals surface area contributed by atoms with E-state index in [2.05, 4.69) is 37.2 Å². The summed E-state index contributed by atoms with van der Waals surface area (Å²) in [5.74, 6) is 0.835. The fourth-order valence-corrected chi connectivity index (χ4v) is 3.18. The van der Waals surface area contributed by atoms with Crippen LogP contribution in [0, 0.1) is 0 Å². The van der Waals surface area contributed by atoms with Crippen molar-refractivity contribution in [3.63, 3.8) is 0 Å². The van der Waals surface area contributed by atoms with E-state index in [0.717, 1.165) is 25.9 Å². The Morgan fingerprint density at radius 2 is 1.95 bits per heavy atom. The molecule has 0 amide bonds. The summed E-state index contributed by atoms with van der Waals surface area (Å²) in [6.45, 7) is 0.587. The smallest absolute Gasteiger partial charge is 0.135 e. The van der Waals surface area contributed by atoms with E-state index in [1.165, 1.54) is 0 Å². The molecule has 0 aliphatic heterocycles. The van der Waals surface area contributed by atoms with Crippen LogP contribution in [0.5, 0.6) is 11.5 Å². The zero-order valence-electron chi connectivity index (χ0n) is 10.6. The van der Waals surface area contributed by atoms with E-state index in [1.54, 1.807) is 19.2 Å². The Hall–Kier alpha value is -0.910. The number of nitrogens with one attached hydrogen (secondary N) is 1. The minimum atomic E-state index is 0.0851. The number of benzene rings is 2. The molecule has 0 heterocycles. The summed E-state index contributed by atoms with van der Waals surface area (Å²) in [5, 5.41) is 13.0. The first-order valence-electron chi connectivity index (χ1n) is 5.75. The molecule has 0 unspecified atom stereocenters. The second kappa shape index (κ2) is 6.70. The second-order valence-corrected chi connectivity index (χ2v) is 6.22. The van der Waals surface area contributed by atoms with Crippen LogP contribution in [0.4, 0.5) is 5.69 Å². The van der Waals surface area contributed by atoms with Crippen molar-refractivity contribution in [2.45, 2.75) is 6.54 Å². The largest absolute Gasteiger partial charge is 0.506 e. The van der Waals surface area contributed by atoms with Gasteiger partial charge < -0.3 is 15.2 Å². The quantitative estimate of drug-likeness (QED) is 0.714. The van der Waals surface area contributed by atoms with E-state index in [4.69, 9.17) is 16.3 Å². The molecule has 0 radical (unpaired) electrons. The number of methoxy groups -OCH3 is 1. The summed E-state index contributed by atoms with van der Waals surface area (Å²) in [5.41, 5.74) is 1.89. The molecule has 0 aliphatic rings. The Kier molecular flexibility index (Phi) is 5.18. The molecular weight excluding hydrogens is 409 g/mol. The van der Waals surface area contributed by atoms with Crippen molar-refractivity contribution in [1.29, 1.82) is 0 Å². The number of aromatic hydroxyl groups is 1. The van der Waals surface area contributed by atoms with Gasteiger partial charge in [0.25, 0.3) is 0 Å². The number of anilines is 1. The Balaban J connectivity index is 2.16. The van der Waals surface area contributed by atoms with Gasteiger partial charge in [-0.15, -0.1) is 0 Å². The standard InChI is InChI=1S/C14H12Br2ClNO2/c1-20-14-6-12(9(15)5-10(14)16)18-7-8-2-3-13(19)11(17)4-8/h2-6,18-19H,7H2,1H3. The van der Waals surface area contributed by atoms with Crippen molar-refractivity contribution in [3.05, 3.63) is 49.9 Å². The highest BCUT2D eigenvalue weighted by atomic mass is 79.9. The van der Waals surface area contributed by atoms with Gasteiger partial charge in [0.1, 0.15) is 11.5 Å². The van der Waals surface area contributed by atoms with Crippen LogP contribution in [0.3, 0.4) is 0 Å². The Bertz CT molecular complexity index is 635. The van der Waals surface area contributed by atoms with E-state index >= 15 is 0 Å². The number of rotatable bonds is 4. The molecule has 0 saturated heterocycles. The fourth-order valence-electron chi connectivity index (χ4n) is 1.68. The van der Waals surface area contributed by atoms with Gasteiger partial charge in [0.05, 0.1) is 22.3 Å². The van der Waals surface area contributed by atoms with Crippen molar-refractivity contribution < 1.29 is 9.84 Å². The zero-order chi connectivity index (χ0) is 14.7. The SMILES string of the molecule is COc1cc(NCc2ccc(O)c(Cl)c2)c(Br)cc1Br. The minimum Gasteiger partial charge on any atom is -0.506 e. The van der Waals surface area contributed by atoms with Gasteiger partial charge in [-0.25, -0.2) is 0 Å². The maximum Gasteiger partial charge on any atom is 0.135 e. The van der Waals surface area contributed by atoms with Gasteiger partial charge >= 0.3 is 0 Å². The highest BCUT2D eigenvalue weighted by Gasteiger charge is 2.07. The molecule has 0 aromatic heterocycles. The Morgan fingerprint density at radius 3 is 2.60 bits per heavy atom. The molecule has 20 heavy (non-hydrogen) atoms. The normalized spacial score (nSPS) is 10.4. The van der Waals surface area contributed by atoms with Crippen molar-refractivity contribution in [3.8, 4) is 11.5 Å².